The van der Waals surface area contributed by atoms with Crippen LogP contribution in [0.25, 0.3) is 22.2 Å². The van der Waals surface area contributed by atoms with Crippen molar-refractivity contribution in [1.29, 1.82) is 0 Å². The molecule has 0 bridgehead atoms. The Bertz CT molecular complexity index is 1260. The van der Waals surface area contributed by atoms with Crippen molar-refractivity contribution in [3.63, 3.8) is 0 Å². The number of carbonyl (C=O) groups is 1. The summed E-state index contributed by atoms with van der Waals surface area (Å²) in [4.78, 5) is 24.3. The largest absolute Gasteiger partial charge is 0.492 e. The molecule has 0 saturated carbocycles. The average molecular weight is 441 g/mol. The molecule has 1 N–H and O–H groups in total. The third-order valence-electron chi connectivity index (χ3n) is 5.54. The van der Waals surface area contributed by atoms with Crippen LogP contribution in [0.5, 0.6) is 5.75 Å². The molecule has 0 aliphatic carbocycles. The second kappa shape index (κ2) is 9.79. The van der Waals surface area contributed by atoms with E-state index in [2.05, 4.69) is 46.2 Å². The number of hydrogen-bond donors (Lipinski definition) is 1. The van der Waals surface area contributed by atoms with Crippen LogP contribution in [0, 0.1) is 13.8 Å². The van der Waals surface area contributed by atoms with Crippen LogP contribution in [0.3, 0.4) is 0 Å². The minimum atomic E-state index is -0.227. The lowest BCUT2D eigenvalue weighted by molar-refractivity contribution is 0.102. The molecule has 0 aliphatic heterocycles. The first-order valence-electron chi connectivity index (χ1n) is 10.9. The van der Waals surface area contributed by atoms with Gasteiger partial charge in [0, 0.05) is 30.2 Å². The number of amides is 1. The number of nitrogens with one attached hydrogen (secondary N) is 1. The van der Waals surface area contributed by atoms with Gasteiger partial charge < -0.3 is 15.0 Å². The van der Waals surface area contributed by atoms with Gasteiger partial charge in [0.15, 0.2) is 0 Å². The van der Waals surface area contributed by atoms with Gasteiger partial charge in [-0.05, 0) is 75.0 Å². The van der Waals surface area contributed by atoms with E-state index in [4.69, 9.17) is 4.74 Å². The summed E-state index contributed by atoms with van der Waals surface area (Å²) in [5.74, 6) is 0.541. The Labute approximate surface area is 194 Å². The van der Waals surface area contributed by atoms with E-state index in [-0.39, 0.29) is 5.91 Å². The van der Waals surface area contributed by atoms with Crippen LogP contribution < -0.4 is 10.1 Å². The van der Waals surface area contributed by atoms with Crippen LogP contribution in [0.2, 0.25) is 0 Å². The number of likely N-dealkylation sites (N-methyl/N-ethyl adjacent to an activating group) is 1. The van der Waals surface area contributed by atoms with Gasteiger partial charge >= 0.3 is 0 Å². The highest BCUT2D eigenvalue weighted by molar-refractivity contribution is 6.13. The first-order chi connectivity index (χ1) is 15.9. The topological polar surface area (TPSA) is 67.3 Å². The molecule has 4 rings (SSSR count). The van der Waals surface area contributed by atoms with Gasteiger partial charge in [0.2, 0.25) is 0 Å². The predicted octanol–water partition coefficient (Wildman–Crippen LogP) is 5.11. The lowest BCUT2D eigenvalue weighted by Crippen LogP contribution is -2.19. The van der Waals surface area contributed by atoms with E-state index in [1.807, 2.05) is 56.6 Å². The number of anilines is 1. The molecule has 6 nitrogen and oxygen atoms in total. The summed E-state index contributed by atoms with van der Waals surface area (Å²) >= 11 is 0. The van der Waals surface area contributed by atoms with Crippen molar-refractivity contribution in [3.05, 3.63) is 83.7 Å². The molecule has 6 heteroatoms. The standard InChI is InChI=1S/C27H28N4O2/c1-18-6-5-7-19(2)24(18)22-12-13-23(26-25(22)28-14-15-29-26)27(32)30-20-8-10-21(11-9-20)33-17-16-31(3)4/h5-15H,16-17H2,1-4H3,(H,30,32). The molecule has 0 fully saturated rings. The molecule has 4 aromatic rings. The minimum Gasteiger partial charge on any atom is -0.492 e. The van der Waals surface area contributed by atoms with Crippen LogP contribution in [-0.2, 0) is 0 Å². The maximum Gasteiger partial charge on any atom is 0.257 e. The summed E-state index contributed by atoms with van der Waals surface area (Å²) in [5.41, 5.74) is 6.89. The second-order valence-corrected chi connectivity index (χ2v) is 8.31. The second-order valence-electron chi connectivity index (χ2n) is 8.31. The van der Waals surface area contributed by atoms with Gasteiger partial charge in [-0.25, -0.2) is 0 Å². The van der Waals surface area contributed by atoms with Crippen LogP contribution >= 0.6 is 0 Å². The Kier molecular flexibility index (Phi) is 6.66. The summed E-state index contributed by atoms with van der Waals surface area (Å²) in [6.07, 6.45) is 3.28. The molecule has 33 heavy (non-hydrogen) atoms. The SMILES string of the molecule is Cc1cccc(C)c1-c1ccc(C(=O)Nc2ccc(OCCN(C)C)cc2)c2nccnc12. The van der Waals surface area contributed by atoms with Gasteiger partial charge in [-0.1, -0.05) is 24.3 Å². The number of carbonyl (C=O) groups excluding carboxylic acids is 1. The monoisotopic (exact) mass is 440 g/mol. The van der Waals surface area contributed by atoms with Crippen LogP contribution in [-0.4, -0.2) is 48.0 Å². The number of hydrogen-bond acceptors (Lipinski definition) is 5. The maximum absolute atomic E-state index is 13.1. The molecule has 1 heterocycles. The van der Waals surface area contributed by atoms with E-state index in [1.165, 1.54) is 0 Å². The van der Waals surface area contributed by atoms with Crippen LogP contribution in [0.15, 0.2) is 67.0 Å². The van der Waals surface area contributed by atoms with Gasteiger partial charge in [-0.3, -0.25) is 14.8 Å². The Morgan fingerprint density at radius 2 is 1.58 bits per heavy atom. The fraction of sp³-hybridized carbons (Fsp3) is 0.222. The highest BCUT2D eigenvalue weighted by Crippen LogP contribution is 2.33. The van der Waals surface area contributed by atoms with E-state index < -0.39 is 0 Å². The predicted molar refractivity (Wildman–Crippen MR) is 133 cm³/mol. The summed E-state index contributed by atoms with van der Waals surface area (Å²) in [6.45, 7) is 5.61. The number of benzene rings is 3. The summed E-state index contributed by atoms with van der Waals surface area (Å²) < 4.78 is 5.72. The Hall–Kier alpha value is -3.77. The van der Waals surface area contributed by atoms with Crippen molar-refractivity contribution in [2.75, 3.05) is 32.6 Å². The number of aryl methyl sites for hydroxylation is 2. The van der Waals surface area contributed by atoms with Gasteiger partial charge in [-0.15, -0.1) is 0 Å². The number of aromatic nitrogens is 2. The highest BCUT2D eigenvalue weighted by Gasteiger charge is 2.17. The molecule has 1 aromatic heterocycles. The van der Waals surface area contributed by atoms with E-state index in [1.54, 1.807) is 12.4 Å². The molecule has 0 spiro atoms. The Balaban J connectivity index is 1.60. The van der Waals surface area contributed by atoms with Gasteiger partial charge in [0.25, 0.3) is 5.91 Å². The first kappa shape index (κ1) is 22.4. The van der Waals surface area contributed by atoms with Crippen molar-refractivity contribution in [2.45, 2.75) is 13.8 Å². The lowest BCUT2D eigenvalue weighted by Gasteiger charge is -2.14. The van der Waals surface area contributed by atoms with Crippen molar-refractivity contribution >= 4 is 22.6 Å². The third kappa shape index (κ3) is 5.02. The smallest absolute Gasteiger partial charge is 0.257 e. The van der Waals surface area contributed by atoms with Crippen LogP contribution in [0.4, 0.5) is 5.69 Å². The van der Waals surface area contributed by atoms with E-state index in [0.29, 0.717) is 28.9 Å². The zero-order chi connectivity index (χ0) is 23.4. The van der Waals surface area contributed by atoms with Gasteiger partial charge in [0.05, 0.1) is 11.1 Å². The van der Waals surface area contributed by atoms with E-state index in [9.17, 15) is 4.79 Å². The normalized spacial score (nSPS) is 11.1. The molecule has 0 aliphatic rings. The van der Waals surface area contributed by atoms with E-state index in [0.717, 1.165) is 34.5 Å². The minimum absolute atomic E-state index is 0.227. The third-order valence-corrected chi connectivity index (χ3v) is 5.54. The summed E-state index contributed by atoms with van der Waals surface area (Å²) in [6, 6.07) is 17.4. The summed E-state index contributed by atoms with van der Waals surface area (Å²) in [7, 11) is 4.01. The van der Waals surface area contributed by atoms with Crippen LogP contribution in [0.1, 0.15) is 21.5 Å². The zero-order valence-corrected chi connectivity index (χ0v) is 19.4. The molecular weight excluding hydrogens is 412 g/mol. The van der Waals surface area contributed by atoms with Crippen molar-refractivity contribution in [1.82, 2.24) is 14.9 Å². The number of fused-ring (bicyclic) bond motifs is 1. The van der Waals surface area contributed by atoms with Crippen molar-refractivity contribution in [3.8, 4) is 16.9 Å². The molecular formula is C27H28N4O2. The molecule has 168 valence electrons. The molecule has 0 radical (unpaired) electrons. The lowest BCUT2D eigenvalue weighted by atomic mass is 9.93. The molecule has 0 saturated heterocycles. The maximum atomic E-state index is 13.1. The Morgan fingerprint density at radius 3 is 2.24 bits per heavy atom. The molecule has 0 atom stereocenters. The fourth-order valence-corrected chi connectivity index (χ4v) is 3.86. The van der Waals surface area contributed by atoms with Gasteiger partial charge in [0.1, 0.15) is 17.9 Å². The summed E-state index contributed by atoms with van der Waals surface area (Å²) in [5, 5.41) is 2.96. The van der Waals surface area contributed by atoms with Gasteiger partial charge in [-0.2, -0.15) is 0 Å². The fourth-order valence-electron chi connectivity index (χ4n) is 3.86. The highest BCUT2D eigenvalue weighted by atomic mass is 16.5. The van der Waals surface area contributed by atoms with E-state index >= 15 is 0 Å². The molecule has 3 aromatic carbocycles. The zero-order valence-electron chi connectivity index (χ0n) is 19.4. The van der Waals surface area contributed by atoms with Crippen molar-refractivity contribution in [2.24, 2.45) is 0 Å². The number of ether oxygens (including phenoxy) is 1. The Morgan fingerprint density at radius 1 is 0.909 bits per heavy atom. The number of rotatable bonds is 7. The first-order valence-corrected chi connectivity index (χ1v) is 10.9. The average Bonchev–Trinajstić information content (AvgIpc) is 2.80. The number of nitrogens with zero attached hydrogens (tertiary/aromatic N) is 3. The molecule has 1 amide bonds. The molecule has 0 unspecified atom stereocenters. The van der Waals surface area contributed by atoms with Crippen molar-refractivity contribution < 1.29 is 9.53 Å². The quantitative estimate of drug-likeness (QED) is 0.433.